The second-order valence-electron chi connectivity index (χ2n) is 4.70. The van der Waals surface area contributed by atoms with E-state index in [4.69, 9.17) is 4.74 Å². The fraction of sp³-hybridized carbons (Fsp3) is 0.105. The van der Waals surface area contributed by atoms with Crippen molar-refractivity contribution >= 4 is 0 Å². The van der Waals surface area contributed by atoms with Crippen LogP contribution in [-0.2, 0) is 32.6 Å². The van der Waals surface area contributed by atoms with Crippen molar-refractivity contribution in [2.45, 2.75) is 6.42 Å². The third-order valence-electron chi connectivity index (χ3n) is 3.47. The van der Waals surface area contributed by atoms with Gasteiger partial charge in [0.05, 0.1) is 7.11 Å². The van der Waals surface area contributed by atoms with Crippen LogP contribution in [0.15, 0.2) is 66.7 Å². The molecule has 1 aliphatic carbocycles. The Hall–Kier alpha value is -0.947. The molecule has 116 valence electrons. The van der Waals surface area contributed by atoms with Crippen molar-refractivity contribution in [2.75, 3.05) is 7.11 Å². The number of hydrogen-bond donors (Lipinski definition) is 0. The van der Waals surface area contributed by atoms with Gasteiger partial charge in [0.2, 0.25) is 0 Å². The Balaban J connectivity index is 0.000000529. The number of rotatable bonds is 1. The molecular formula is C19H16Cl2OZr. The predicted molar refractivity (Wildman–Crippen MR) is 82.1 cm³/mol. The zero-order chi connectivity index (χ0) is 13.8. The maximum Gasteiger partial charge on any atom is 4.00 e. The van der Waals surface area contributed by atoms with Crippen LogP contribution in [0.3, 0.4) is 0 Å². The Morgan fingerprint density at radius 2 is 1.70 bits per heavy atom. The summed E-state index contributed by atoms with van der Waals surface area (Å²) in [7, 11) is 1.72. The second-order valence-corrected chi connectivity index (χ2v) is 4.70. The molecule has 0 aromatic heterocycles. The molecule has 0 saturated heterocycles. The van der Waals surface area contributed by atoms with Gasteiger partial charge in [0.15, 0.2) is 0 Å². The van der Waals surface area contributed by atoms with Crippen molar-refractivity contribution in [3.05, 3.63) is 83.9 Å². The Morgan fingerprint density at radius 3 is 2.30 bits per heavy atom. The molecule has 3 aromatic rings. The minimum atomic E-state index is 0. The van der Waals surface area contributed by atoms with Gasteiger partial charge in [-0.3, -0.25) is 0 Å². The molecule has 0 bridgehead atoms. The van der Waals surface area contributed by atoms with Crippen LogP contribution in [-0.4, -0.2) is 7.11 Å². The molecule has 0 atom stereocenters. The fourth-order valence-electron chi connectivity index (χ4n) is 2.56. The summed E-state index contributed by atoms with van der Waals surface area (Å²) in [5.41, 5.74) is 5.13. The normalized spacial score (nSPS) is 9.61. The standard InChI is InChI=1S/C14H11O.C5H5.2ClH.Zr/c1-15-13-8-4-6-11-9-10-5-2-3-7-12(10)14(11)13;1-2-4-5-3-1;;;/h2-5,7-8H,9H2,1H3;1-5H;2*1H;/q2*-1;;;+4/p-2. The second kappa shape index (κ2) is 10.8. The first-order valence-corrected chi connectivity index (χ1v) is 6.72. The summed E-state index contributed by atoms with van der Waals surface area (Å²) in [6.07, 6.45) is 0.975. The average Bonchev–Trinajstić information content (AvgIpc) is 3.17. The first-order chi connectivity index (χ1) is 9.90. The van der Waals surface area contributed by atoms with Crippen LogP contribution < -0.4 is 29.6 Å². The topological polar surface area (TPSA) is 9.23 Å². The minimum Gasteiger partial charge on any atom is -1.00 e. The summed E-state index contributed by atoms with van der Waals surface area (Å²) in [4.78, 5) is 0. The predicted octanol–water partition coefficient (Wildman–Crippen LogP) is -1.52. The number of benzene rings is 2. The van der Waals surface area contributed by atoms with Crippen LogP contribution in [0, 0.1) is 6.07 Å². The van der Waals surface area contributed by atoms with Gasteiger partial charge in [-0.25, -0.2) is 12.1 Å². The maximum absolute atomic E-state index is 5.39. The quantitative estimate of drug-likeness (QED) is 0.339. The van der Waals surface area contributed by atoms with Crippen molar-refractivity contribution in [2.24, 2.45) is 0 Å². The number of ether oxygens (including phenoxy) is 1. The van der Waals surface area contributed by atoms with Gasteiger partial charge >= 0.3 is 26.2 Å². The van der Waals surface area contributed by atoms with E-state index in [9.17, 15) is 0 Å². The summed E-state index contributed by atoms with van der Waals surface area (Å²) in [6.45, 7) is 0. The monoisotopic (exact) mass is 420 g/mol. The molecule has 0 N–H and O–H groups in total. The van der Waals surface area contributed by atoms with E-state index in [-0.39, 0.29) is 51.0 Å². The van der Waals surface area contributed by atoms with E-state index in [1.165, 1.54) is 22.3 Å². The van der Waals surface area contributed by atoms with Crippen LogP contribution in [0.5, 0.6) is 5.75 Å². The Kier molecular flexibility index (Phi) is 10.3. The van der Waals surface area contributed by atoms with Crippen molar-refractivity contribution in [1.29, 1.82) is 0 Å². The number of halogens is 2. The minimum absolute atomic E-state index is 0. The third kappa shape index (κ3) is 5.01. The van der Waals surface area contributed by atoms with Crippen LogP contribution in [0.4, 0.5) is 0 Å². The van der Waals surface area contributed by atoms with E-state index in [0.717, 1.165) is 12.2 Å². The molecule has 0 heterocycles. The van der Waals surface area contributed by atoms with Crippen LogP contribution >= 0.6 is 0 Å². The van der Waals surface area contributed by atoms with Gasteiger partial charge in [0.1, 0.15) is 0 Å². The molecule has 0 radical (unpaired) electrons. The average molecular weight is 422 g/mol. The van der Waals surface area contributed by atoms with Crippen molar-refractivity contribution < 1.29 is 55.8 Å². The molecule has 4 heteroatoms. The SMILES string of the molecule is COc1cc[c-]c2c1-c1ccccc1C2.[Cl-].[Cl-].[Zr+4].c1cc[cH-]c1. The molecule has 1 aliphatic rings. The van der Waals surface area contributed by atoms with Gasteiger partial charge < -0.3 is 29.6 Å². The number of methoxy groups -OCH3 is 1. The van der Waals surface area contributed by atoms with Gasteiger partial charge in [0.25, 0.3) is 0 Å². The Bertz CT molecular complexity index is 679. The van der Waals surface area contributed by atoms with Gasteiger partial charge in [-0.05, 0) is 12.0 Å². The van der Waals surface area contributed by atoms with Gasteiger partial charge in [-0.1, -0.05) is 35.4 Å². The Labute approximate surface area is 169 Å². The smallest absolute Gasteiger partial charge is 1.00 e. The molecule has 0 spiro atoms. The largest absolute Gasteiger partial charge is 4.00 e. The molecule has 4 rings (SSSR count). The third-order valence-corrected chi connectivity index (χ3v) is 3.47. The maximum atomic E-state index is 5.39. The van der Waals surface area contributed by atoms with E-state index in [1.807, 2.05) is 42.5 Å². The van der Waals surface area contributed by atoms with E-state index in [0.29, 0.717) is 0 Å². The molecule has 0 saturated carbocycles. The Morgan fingerprint density at radius 1 is 1.00 bits per heavy atom. The summed E-state index contributed by atoms with van der Waals surface area (Å²) >= 11 is 0. The summed E-state index contributed by atoms with van der Waals surface area (Å²) < 4.78 is 5.39. The van der Waals surface area contributed by atoms with E-state index in [1.54, 1.807) is 7.11 Å². The molecule has 3 aromatic carbocycles. The van der Waals surface area contributed by atoms with Crippen molar-refractivity contribution in [1.82, 2.24) is 0 Å². The van der Waals surface area contributed by atoms with Gasteiger partial charge in [-0.2, -0.15) is 30.3 Å². The summed E-state index contributed by atoms with van der Waals surface area (Å²) in [5, 5.41) is 0. The summed E-state index contributed by atoms with van der Waals surface area (Å²) in [5.74, 6) is 0.952. The van der Waals surface area contributed by atoms with E-state index in [2.05, 4.69) is 30.3 Å². The van der Waals surface area contributed by atoms with Gasteiger partial charge in [0, 0.05) is 5.75 Å². The molecule has 0 unspecified atom stereocenters. The fourth-order valence-corrected chi connectivity index (χ4v) is 2.56. The molecule has 0 fully saturated rings. The number of hydrogen-bond acceptors (Lipinski definition) is 1. The zero-order valence-corrected chi connectivity index (χ0v) is 16.7. The molecule has 23 heavy (non-hydrogen) atoms. The first kappa shape index (κ1) is 22.1. The number of fused-ring (bicyclic) bond motifs is 3. The molecule has 0 aliphatic heterocycles. The molecule has 0 amide bonds. The van der Waals surface area contributed by atoms with E-state index < -0.39 is 0 Å². The first-order valence-electron chi connectivity index (χ1n) is 6.72. The summed E-state index contributed by atoms with van der Waals surface area (Å²) in [6, 6.07) is 25.7. The van der Waals surface area contributed by atoms with Crippen molar-refractivity contribution in [3.8, 4) is 16.9 Å². The van der Waals surface area contributed by atoms with Crippen LogP contribution in [0.2, 0.25) is 0 Å². The molecule has 1 nitrogen and oxygen atoms in total. The van der Waals surface area contributed by atoms with Gasteiger partial charge in [-0.15, -0.1) is 11.6 Å². The zero-order valence-electron chi connectivity index (χ0n) is 12.7. The molecular weight excluding hydrogens is 406 g/mol. The van der Waals surface area contributed by atoms with Crippen LogP contribution in [0.1, 0.15) is 11.1 Å². The van der Waals surface area contributed by atoms with Crippen molar-refractivity contribution in [3.63, 3.8) is 0 Å². The van der Waals surface area contributed by atoms with E-state index >= 15 is 0 Å². The van der Waals surface area contributed by atoms with Crippen LogP contribution in [0.25, 0.3) is 11.1 Å².